The largest absolute Gasteiger partial charge is 0.380 e. The van der Waals surface area contributed by atoms with Crippen molar-refractivity contribution in [2.45, 2.75) is 31.7 Å². The van der Waals surface area contributed by atoms with Crippen LogP contribution in [0.2, 0.25) is 0 Å². The van der Waals surface area contributed by atoms with Crippen molar-refractivity contribution in [3.63, 3.8) is 0 Å². The zero-order valence-electron chi connectivity index (χ0n) is 18.5. The standard InChI is InChI=1S/C24H26F4N4O2/c25-18-6-3-15(23(33)31-17-12-19(26)22(28)20(27)13-17)11-21(18)30-16-4-1-14(2-5-16)24(34)32-9-7-29-8-10-32/h3,6,11-14,16,29-30H,1-2,4-5,7-10H2,(H,31,33). The Kier molecular flexibility index (Phi) is 7.35. The van der Waals surface area contributed by atoms with Gasteiger partial charge in [0, 0.05) is 61.5 Å². The summed E-state index contributed by atoms with van der Waals surface area (Å²) in [6, 6.07) is 4.97. The molecule has 4 rings (SSSR count). The number of carbonyl (C=O) groups is 2. The second kappa shape index (κ2) is 10.4. The molecule has 182 valence electrons. The van der Waals surface area contributed by atoms with Crippen LogP contribution in [0.1, 0.15) is 36.0 Å². The van der Waals surface area contributed by atoms with Crippen LogP contribution < -0.4 is 16.0 Å². The fraction of sp³-hybridized carbons (Fsp3) is 0.417. The Morgan fingerprint density at radius 2 is 1.53 bits per heavy atom. The highest BCUT2D eigenvalue weighted by Gasteiger charge is 2.30. The lowest BCUT2D eigenvalue weighted by atomic mass is 9.85. The van der Waals surface area contributed by atoms with Crippen molar-refractivity contribution < 1.29 is 27.2 Å². The SMILES string of the molecule is O=C(Nc1cc(F)c(F)c(F)c1)c1ccc(F)c(NC2CCC(C(=O)N3CCNCC3)CC2)c1. The molecule has 0 spiro atoms. The van der Waals surface area contributed by atoms with Gasteiger partial charge in [-0.1, -0.05) is 0 Å². The van der Waals surface area contributed by atoms with Crippen LogP contribution in [0.4, 0.5) is 28.9 Å². The molecular weight excluding hydrogens is 452 g/mol. The number of nitrogens with zero attached hydrogens (tertiary/aromatic N) is 1. The van der Waals surface area contributed by atoms with Crippen molar-refractivity contribution in [3.8, 4) is 0 Å². The van der Waals surface area contributed by atoms with E-state index in [0.29, 0.717) is 50.9 Å². The van der Waals surface area contributed by atoms with Crippen molar-refractivity contribution in [2.75, 3.05) is 36.8 Å². The van der Waals surface area contributed by atoms with Crippen LogP contribution in [0.15, 0.2) is 30.3 Å². The molecule has 0 atom stereocenters. The van der Waals surface area contributed by atoms with Crippen LogP contribution in [0.5, 0.6) is 0 Å². The minimum atomic E-state index is -1.63. The van der Waals surface area contributed by atoms with Gasteiger partial charge in [-0.2, -0.15) is 0 Å². The van der Waals surface area contributed by atoms with E-state index in [1.54, 1.807) is 0 Å². The van der Waals surface area contributed by atoms with Crippen LogP contribution in [-0.4, -0.2) is 48.9 Å². The normalized spacial score (nSPS) is 20.6. The number of halogens is 4. The summed E-state index contributed by atoms with van der Waals surface area (Å²) in [5.41, 5.74) is -0.0645. The molecule has 0 aromatic heterocycles. The lowest BCUT2D eigenvalue weighted by molar-refractivity contribution is -0.137. The number of hydrogen-bond donors (Lipinski definition) is 3. The van der Waals surface area contributed by atoms with E-state index in [0.717, 1.165) is 19.2 Å². The zero-order valence-corrected chi connectivity index (χ0v) is 18.5. The fourth-order valence-electron chi connectivity index (χ4n) is 4.46. The van der Waals surface area contributed by atoms with Gasteiger partial charge in [-0.15, -0.1) is 0 Å². The number of anilines is 2. The van der Waals surface area contributed by atoms with Gasteiger partial charge in [-0.05, 0) is 43.9 Å². The first-order chi connectivity index (χ1) is 16.3. The third kappa shape index (κ3) is 5.49. The van der Waals surface area contributed by atoms with Gasteiger partial charge in [-0.3, -0.25) is 9.59 Å². The molecule has 1 aliphatic carbocycles. The summed E-state index contributed by atoms with van der Waals surface area (Å²) in [6.45, 7) is 3.04. The van der Waals surface area contributed by atoms with Gasteiger partial charge in [0.25, 0.3) is 5.91 Å². The van der Waals surface area contributed by atoms with Gasteiger partial charge in [0.15, 0.2) is 17.5 Å². The highest BCUT2D eigenvalue weighted by atomic mass is 19.2. The third-order valence-corrected chi connectivity index (χ3v) is 6.33. The summed E-state index contributed by atoms with van der Waals surface area (Å²) in [5.74, 6) is -5.61. The number of nitrogens with one attached hydrogen (secondary N) is 3. The monoisotopic (exact) mass is 478 g/mol. The highest BCUT2D eigenvalue weighted by molar-refractivity contribution is 6.04. The molecule has 2 aromatic carbocycles. The molecule has 1 heterocycles. The molecule has 34 heavy (non-hydrogen) atoms. The van der Waals surface area contributed by atoms with Crippen molar-refractivity contribution >= 4 is 23.2 Å². The van der Waals surface area contributed by atoms with Crippen molar-refractivity contribution in [2.24, 2.45) is 5.92 Å². The number of piperazine rings is 1. The average molecular weight is 478 g/mol. The van der Waals surface area contributed by atoms with Crippen LogP contribution in [0, 0.1) is 29.2 Å². The predicted octanol–water partition coefficient (Wildman–Crippen LogP) is 3.90. The van der Waals surface area contributed by atoms with Gasteiger partial charge in [0.2, 0.25) is 5.91 Å². The first kappa shape index (κ1) is 24.0. The summed E-state index contributed by atoms with van der Waals surface area (Å²) in [7, 11) is 0. The van der Waals surface area contributed by atoms with E-state index in [1.165, 1.54) is 12.1 Å². The summed E-state index contributed by atoms with van der Waals surface area (Å²) >= 11 is 0. The smallest absolute Gasteiger partial charge is 0.255 e. The zero-order chi connectivity index (χ0) is 24.2. The number of hydrogen-bond acceptors (Lipinski definition) is 4. The molecule has 2 aliphatic rings. The molecular formula is C24H26F4N4O2. The maximum absolute atomic E-state index is 14.4. The number of carbonyl (C=O) groups excluding carboxylic acids is 2. The molecule has 0 bridgehead atoms. The molecule has 2 amide bonds. The quantitative estimate of drug-likeness (QED) is 0.450. The number of benzene rings is 2. The van der Waals surface area contributed by atoms with Gasteiger partial charge >= 0.3 is 0 Å². The fourth-order valence-corrected chi connectivity index (χ4v) is 4.46. The average Bonchev–Trinajstić information content (AvgIpc) is 2.84. The number of rotatable bonds is 5. The van der Waals surface area contributed by atoms with Crippen LogP contribution in [0.25, 0.3) is 0 Å². The Bertz CT molecular complexity index is 1040. The lowest BCUT2D eigenvalue weighted by Crippen LogP contribution is -2.49. The second-order valence-electron chi connectivity index (χ2n) is 8.67. The van der Waals surface area contributed by atoms with E-state index in [2.05, 4.69) is 16.0 Å². The van der Waals surface area contributed by atoms with Crippen LogP contribution >= 0.6 is 0 Å². The Hall–Kier alpha value is -3.14. The van der Waals surface area contributed by atoms with E-state index in [1.807, 2.05) is 4.90 Å². The molecule has 1 saturated carbocycles. The Morgan fingerprint density at radius 3 is 2.18 bits per heavy atom. The summed E-state index contributed by atoms with van der Waals surface area (Å²) in [6.07, 6.45) is 2.77. The van der Waals surface area contributed by atoms with E-state index < -0.39 is 29.2 Å². The van der Waals surface area contributed by atoms with Gasteiger partial charge in [-0.25, -0.2) is 17.6 Å². The summed E-state index contributed by atoms with van der Waals surface area (Å²) < 4.78 is 54.3. The van der Waals surface area contributed by atoms with E-state index in [9.17, 15) is 27.2 Å². The predicted molar refractivity (Wildman–Crippen MR) is 119 cm³/mol. The summed E-state index contributed by atoms with van der Waals surface area (Å²) in [5, 5.41) is 8.63. The first-order valence-electron chi connectivity index (χ1n) is 11.3. The first-order valence-corrected chi connectivity index (χ1v) is 11.3. The number of amides is 2. The molecule has 0 unspecified atom stereocenters. The van der Waals surface area contributed by atoms with Crippen molar-refractivity contribution in [1.29, 1.82) is 0 Å². The molecule has 1 saturated heterocycles. The van der Waals surface area contributed by atoms with E-state index >= 15 is 0 Å². The molecule has 3 N–H and O–H groups in total. The molecule has 6 nitrogen and oxygen atoms in total. The Labute approximate surface area is 194 Å². The van der Waals surface area contributed by atoms with Gasteiger partial charge in [0.05, 0.1) is 5.69 Å². The minimum Gasteiger partial charge on any atom is -0.380 e. The third-order valence-electron chi connectivity index (χ3n) is 6.33. The van der Waals surface area contributed by atoms with Crippen LogP contribution in [0.3, 0.4) is 0 Å². The van der Waals surface area contributed by atoms with Crippen molar-refractivity contribution in [1.82, 2.24) is 10.2 Å². The van der Waals surface area contributed by atoms with Gasteiger partial charge < -0.3 is 20.9 Å². The molecule has 1 aliphatic heterocycles. The molecule has 0 radical (unpaired) electrons. The van der Waals surface area contributed by atoms with E-state index in [-0.39, 0.29) is 34.8 Å². The van der Waals surface area contributed by atoms with Crippen molar-refractivity contribution in [3.05, 3.63) is 59.2 Å². The molecule has 2 fully saturated rings. The maximum atomic E-state index is 14.4. The van der Waals surface area contributed by atoms with E-state index in [4.69, 9.17) is 0 Å². The Morgan fingerprint density at radius 1 is 0.882 bits per heavy atom. The van der Waals surface area contributed by atoms with Gasteiger partial charge in [0.1, 0.15) is 5.82 Å². The molecule has 2 aromatic rings. The lowest BCUT2D eigenvalue weighted by Gasteiger charge is -2.34. The van der Waals surface area contributed by atoms with Crippen LogP contribution in [-0.2, 0) is 4.79 Å². The second-order valence-corrected chi connectivity index (χ2v) is 8.67. The summed E-state index contributed by atoms with van der Waals surface area (Å²) in [4.78, 5) is 27.1. The Balaban J connectivity index is 1.36. The minimum absolute atomic E-state index is 0.0328. The maximum Gasteiger partial charge on any atom is 0.255 e. The highest BCUT2D eigenvalue weighted by Crippen LogP contribution is 2.29. The molecule has 10 heteroatoms. The topological polar surface area (TPSA) is 73.5 Å².